The zero-order valence-electron chi connectivity index (χ0n) is 9.51. The van der Waals surface area contributed by atoms with Gasteiger partial charge in [0.1, 0.15) is 0 Å². The second kappa shape index (κ2) is 9.26. The van der Waals surface area contributed by atoms with E-state index in [1.165, 1.54) is 32.1 Å². The Morgan fingerprint density at radius 1 is 0.923 bits per heavy atom. The summed E-state index contributed by atoms with van der Waals surface area (Å²) in [6.07, 6.45) is 11.4. The van der Waals surface area contributed by atoms with Crippen molar-refractivity contribution in [2.75, 3.05) is 12.5 Å². The topological polar surface area (TPSA) is 0 Å². The van der Waals surface area contributed by atoms with E-state index in [-0.39, 0.29) is 0 Å². The van der Waals surface area contributed by atoms with Crippen LogP contribution < -0.4 is 0 Å². The summed E-state index contributed by atoms with van der Waals surface area (Å²) in [7, 11) is 0. The predicted molar refractivity (Wildman–Crippen MR) is 69.0 cm³/mol. The second-order valence-corrected chi connectivity index (χ2v) is 5.61. The molecule has 0 amide bonds. The van der Waals surface area contributed by atoms with E-state index in [2.05, 4.69) is 38.1 Å². The third kappa shape index (κ3) is 5.90. The fraction of sp³-hybridized carbons (Fsp3) is 1.00. The maximum Gasteiger partial charge on any atom is 0.0163 e. The molecule has 2 atom stereocenters. The van der Waals surface area contributed by atoms with Gasteiger partial charge in [-0.2, -0.15) is 23.5 Å². The fourth-order valence-corrected chi connectivity index (χ4v) is 3.97. The summed E-state index contributed by atoms with van der Waals surface area (Å²) in [5.74, 6) is 0. The summed E-state index contributed by atoms with van der Waals surface area (Å²) in [4.78, 5) is 0. The summed E-state index contributed by atoms with van der Waals surface area (Å²) < 4.78 is 0. The highest BCUT2D eigenvalue weighted by atomic mass is 32.2. The molecule has 0 aliphatic carbocycles. The van der Waals surface area contributed by atoms with E-state index in [1.807, 2.05) is 11.8 Å². The second-order valence-electron chi connectivity index (χ2n) is 3.45. The summed E-state index contributed by atoms with van der Waals surface area (Å²) in [6.45, 7) is 4.59. The lowest BCUT2D eigenvalue weighted by Crippen LogP contribution is -2.18. The minimum Gasteiger partial charge on any atom is -0.161 e. The SMILES string of the molecule is CCCCC[C@@H](SC)[C@H](CC)SC. The molecule has 0 bridgehead atoms. The molecule has 0 aromatic carbocycles. The normalized spacial score (nSPS) is 15.7. The maximum atomic E-state index is 2.31. The predicted octanol–water partition coefficient (Wildman–Crippen LogP) is 4.44. The van der Waals surface area contributed by atoms with E-state index >= 15 is 0 Å². The monoisotopic (exact) mass is 220 g/mol. The summed E-state index contributed by atoms with van der Waals surface area (Å²) in [5, 5.41) is 1.75. The molecule has 2 heteroatoms. The Morgan fingerprint density at radius 3 is 1.92 bits per heavy atom. The Morgan fingerprint density at radius 2 is 1.54 bits per heavy atom. The lowest BCUT2D eigenvalue weighted by Gasteiger charge is -2.22. The minimum atomic E-state index is 0.867. The maximum absolute atomic E-state index is 2.31. The molecule has 0 heterocycles. The highest BCUT2D eigenvalue weighted by Crippen LogP contribution is 2.27. The van der Waals surface area contributed by atoms with E-state index in [0.29, 0.717) is 0 Å². The van der Waals surface area contributed by atoms with Gasteiger partial charge in [0.15, 0.2) is 0 Å². The van der Waals surface area contributed by atoms with Gasteiger partial charge in [0.2, 0.25) is 0 Å². The van der Waals surface area contributed by atoms with Crippen molar-refractivity contribution in [3.8, 4) is 0 Å². The molecule has 80 valence electrons. The van der Waals surface area contributed by atoms with Crippen molar-refractivity contribution in [2.24, 2.45) is 0 Å². The van der Waals surface area contributed by atoms with Crippen molar-refractivity contribution in [2.45, 2.75) is 56.5 Å². The molecule has 0 nitrogen and oxygen atoms in total. The molecule has 0 rings (SSSR count). The molecule has 13 heavy (non-hydrogen) atoms. The van der Waals surface area contributed by atoms with Gasteiger partial charge in [-0.15, -0.1) is 0 Å². The number of hydrogen-bond donors (Lipinski definition) is 0. The van der Waals surface area contributed by atoms with Crippen molar-refractivity contribution in [3.63, 3.8) is 0 Å². The van der Waals surface area contributed by atoms with Gasteiger partial charge in [0.25, 0.3) is 0 Å². The van der Waals surface area contributed by atoms with Crippen LogP contribution in [0.4, 0.5) is 0 Å². The number of unbranched alkanes of at least 4 members (excludes halogenated alkanes) is 2. The van der Waals surface area contributed by atoms with Crippen molar-refractivity contribution in [1.29, 1.82) is 0 Å². The van der Waals surface area contributed by atoms with Crippen molar-refractivity contribution in [1.82, 2.24) is 0 Å². The average Bonchev–Trinajstić information content (AvgIpc) is 2.17. The minimum absolute atomic E-state index is 0.867. The Labute approximate surface area is 92.6 Å². The van der Waals surface area contributed by atoms with Gasteiger partial charge < -0.3 is 0 Å². The van der Waals surface area contributed by atoms with Crippen LogP contribution in [0.15, 0.2) is 0 Å². The van der Waals surface area contributed by atoms with E-state index in [9.17, 15) is 0 Å². The smallest absolute Gasteiger partial charge is 0.0163 e. The molecule has 0 aliphatic heterocycles. The number of thioether (sulfide) groups is 2. The van der Waals surface area contributed by atoms with Crippen LogP contribution in [-0.2, 0) is 0 Å². The van der Waals surface area contributed by atoms with Crippen molar-refractivity contribution in [3.05, 3.63) is 0 Å². The zero-order chi connectivity index (χ0) is 10.1. The molecule has 0 saturated heterocycles. The first-order chi connectivity index (χ1) is 6.29. The lowest BCUT2D eigenvalue weighted by molar-refractivity contribution is 0.623. The number of hydrogen-bond acceptors (Lipinski definition) is 2. The van der Waals surface area contributed by atoms with Gasteiger partial charge in [-0.3, -0.25) is 0 Å². The lowest BCUT2D eigenvalue weighted by atomic mass is 10.1. The van der Waals surface area contributed by atoms with E-state index in [1.54, 1.807) is 0 Å². The molecule has 0 radical (unpaired) electrons. The summed E-state index contributed by atoms with van der Waals surface area (Å²) in [5.41, 5.74) is 0. The van der Waals surface area contributed by atoms with E-state index in [0.717, 1.165) is 10.5 Å². The average molecular weight is 220 g/mol. The molecule has 0 spiro atoms. The molecular weight excluding hydrogens is 196 g/mol. The standard InChI is InChI=1S/C11H24S2/c1-5-7-8-9-11(13-4)10(6-2)12-3/h10-11H,5-9H2,1-4H3/t10-,11+/m0/s1. The zero-order valence-corrected chi connectivity index (χ0v) is 11.1. The first kappa shape index (κ1) is 13.7. The van der Waals surface area contributed by atoms with Crippen molar-refractivity contribution >= 4 is 23.5 Å². The first-order valence-corrected chi connectivity index (χ1v) is 7.93. The quantitative estimate of drug-likeness (QED) is 0.555. The van der Waals surface area contributed by atoms with Crippen LogP contribution in [0.5, 0.6) is 0 Å². The molecule has 0 aromatic heterocycles. The number of rotatable bonds is 8. The van der Waals surface area contributed by atoms with Crippen LogP contribution in [0.1, 0.15) is 46.0 Å². The molecule has 0 unspecified atom stereocenters. The van der Waals surface area contributed by atoms with E-state index in [4.69, 9.17) is 0 Å². The Hall–Kier alpha value is 0.700. The van der Waals surface area contributed by atoms with E-state index < -0.39 is 0 Å². The van der Waals surface area contributed by atoms with Crippen LogP contribution in [-0.4, -0.2) is 23.0 Å². The van der Waals surface area contributed by atoms with Gasteiger partial charge in [0, 0.05) is 10.5 Å². The molecule has 0 aromatic rings. The summed E-state index contributed by atoms with van der Waals surface area (Å²) >= 11 is 4.10. The Bertz CT molecular complexity index is 100. The van der Waals surface area contributed by atoms with Crippen LogP contribution in [0.25, 0.3) is 0 Å². The van der Waals surface area contributed by atoms with Gasteiger partial charge in [-0.1, -0.05) is 33.1 Å². The summed E-state index contributed by atoms with van der Waals surface area (Å²) in [6, 6.07) is 0. The molecule has 0 fully saturated rings. The van der Waals surface area contributed by atoms with Gasteiger partial charge in [-0.05, 0) is 25.4 Å². The van der Waals surface area contributed by atoms with Crippen molar-refractivity contribution < 1.29 is 0 Å². The molecular formula is C11H24S2. The third-order valence-corrected chi connectivity index (χ3v) is 5.12. The third-order valence-electron chi connectivity index (χ3n) is 2.51. The Kier molecular flexibility index (Phi) is 9.76. The largest absolute Gasteiger partial charge is 0.161 e. The van der Waals surface area contributed by atoms with Crippen LogP contribution in [0, 0.1) is 0 Å². The van der Waals surface area contributed by atoms with Crippen LogP contribution in [0.2, 0.25) is 0 Å². The Balaban J connectivity index is 3.71. The molecule has 0 saturated carbocycles. The highest BCUT2D eigenvalue weighted by Gasteiger charge is 2.16. The fourth-order valence-electron chi connectivity index (χ4n) is 1.63. The molecule has 0 aliphatic rings. The van der Waals surface area contributed by atoms with Gasteiger partial charge >= 0.3 is 0 Å². The van der Waals surface area contributed by atoms with Gasteiger partial charge in [-0.25, -0.2) is 0 Å². The molecule has 0 N–H and O–H groups in total. The first-order valence-electron chi connectivity index (χ1n) is 5.35. The highest BCUT2D eigenvalue weighted by molar-refractivity contribution is 8.03. The van der Waals surface area contributed by atoms with Gasteiger partial charge in [0.05, 0.1) is 0 Å². The van der Waals surface area contributed by atoms with Crippen LogP contribution in [0.3, 0.4) is 0 Å². The van der Waals surface area contributed by atoms with Crippen LogP contribution >= 0.6 is 23.5 Å².